The maximum absolute atomic E-state index is 15.6. The smallest absolute Gasteiger partial charge is 0.262 e. The van der Waals surface area contributed by atoms with Crippen LogP contribution in [0.3, 0.4) is 0 Å². The van der Waals surface area contributed by atoms with E-state index in [1.54, 1.807) is 83.5 Å². The molecule has 4 fully saturated rings. The lowest BCUT2D eigenvalue weighted by Crippen LogP contribution is -2.49. The highest BCUT2D eigenvalue weighted by Crippen LogP contribution is 2.48. The summed E-state index contributed by atoms with van der Waals surface area (Å²) in [7, 11) is 4.12. The molecule has 0 unspecified atom stereocenters. The van der Waals surface area contributed by atoms with Crippen molar-refractivity contribution in [3.8, 4) is 11.5 Å². The molecule has 61 heavy (non-hydrogen) atoms. The molecule has 3 aromatic carbocycles. The molecule has 0 radical (unpaired) electrons. The number of hydrogen-bond acceptors (Lipinski definition) is 13. The van der Waals surface area contributed by atoms with Gasteiger partial charge in [-0.2, -0.15) is 0 Å². The van der Waals surface area contributed by atoms with Gasteiger partial charge in [-0.1, -0.05) is 54.6 Å². The summed E-state index contributed by atoms with van der Waals surface area (Å²) in [6, 6.07) is 23.4. The molecule has 4 aliphatic rings. The normalized spacial score (nSPS) is 34.8. The van der Waals surface area contributed by atoms with Crippen LogP contribution in [0.2, 0.25) is 0 Å². The number of rotatable bonds is 10. The molecule has 4 aliphatic heterocycles. The number of fused-ring (bicyclic) bond motifs is 1. The van der Waals surface area contributed by atoms with Crippen molar-refractivity contribution in [2.45, 2.75) is 119 Å². The van der Waals surface area contributed by atoms with Gasteiger partial charge in [-0.15, -0.1) is 0 Å². The Balaban J connectivity index is 0.000000247. The minimum absolute atomic E-state index is 0.404. The van der Waals surface area contributed by atoms with E-state index in [1.807, 2.05) is 30.3 Å². The number of ether oxygens (including phenoxy) is 8. The van der Waals surface area contributed by atoms with Crippen molar-refractivity contribution in [1.82, 2.24) is 0 Å². The molecule has 5 N–H and O–H groups in total. The van der Waals surface area contributed by atoms with Gasteiger partial charge in [0.15, 0.2) is 30.3 Å². The molecule has 4 saturated heterocycles. The van der Waals surface area contributed by atoms with E-state index in [1.165, 1.54) is 13.8 Å². The van der Waals surface area contributed by atoms with E-state index in [9.17, 15) is 18.3 Å². The van der Waals surface area contributed by atoms with Crippen LogP contribution in [0.15, 0.2) is 78.9 Å². The Bertz CT molecular complexity index is 1750. The maximum atomic E-state index is 15.6. The van der Waals surface area contributed by atoms with Gasteiger partial charge in [-0.25, -0.2) is 22.0 Å². The van der Waals surface area contributed by atoms with Gasteiger partial charge in [0, 0.05) is 7.11 Å². The number of methoxy groups -OCH3 is 2. The van der Waals surface area contributed by atoms with E-state index in [2.05, 4.69) is 4.74 Å². The predicted octanol–water partition coefficient (Wildman–Crippen LogP) is 4.75. The van der Waals surface area contributed by atoms with Crippen molar-refractivity contribution < 1.29 is 85.4 Å². The summed E-state index contributed by atoms with van der Waals surface area (Å²) < 4.78 is 113. The SMILES string of the molecule is CO.COc1ccc(C(O[C@H]2[C@@H](F)[C@H](C)O[C@]2(F)CO)(c2ccccc2)c2ccc(OC)cc2)cc1.C[C@@H]1O[C@](F)(CO)[C@@H](O)[C@H]1F.C[C@@H]1O[C@](F)(CO)[C@H]2OC(C)(C)O[C@@H]12. The lowest BCUT2D eigenvalue weighted by molar-refractivity contribution is -0.251. The minimum atomic E-state index is -2.71. The highest BCUT2D eigenvalue weighted by Gasteiger charge is 2.63. The van der Waals surface area contributed by atoms with Crippen LogP contribution in [-0.4, -0.2) is 145 Å². The monoisotopic (exact) mass is 876 g/mol. The zero-order chi connectivity index (χ0) is 45.6. The summed E-state index contributed by atoms with van der Waals surface area (Å²) in [4.78, 5) is 0. The van der Waals surface area contributed by atoms with Crippen LogP contribution in [-0.2, 0) is 34.0 Å². The van der Waals surface area contributed by atoms with E-state index in [4.69, 9.17) is 53.6 Å². The van der Waals surface area contributed by atoms with Gasteiger partial charge < -0.3 is 63.4 Å². The number of benzene rings is 3. The van der Waals surface area contributed by atoms with E-state index in [0.717, 1.165) is 7.11 Å². The number of alkyl halides is 5. The van der Waals surface area contributed by atoms with E-state index < -0.39 is 104 Å². The maximum Gasteiger partial charge on any atom is 0.262 e. The van der Waals surface area contributed by atoms with Crippen LogP contribution in [0.5, 0.6) is 11.5 Å². The number of hydrogen-bond donors (Lipinski definition) is 5. The molecular weight excluding hydrogens is 819 g/mol. The van der Waals surface area contributed by atoms with E-state index in [0.29, 0.717) is 28.2 Å². The van der Waals surface area contributed by atoms with Gasteiger partial charge in [0.25, 0.3) is 17.6 Å². The van der Waals surface area contributed by atoms with E-state index >= 15 is 8.78 Å². The van der Waals surface area contributed by atoms with Crippen LogP contribution in [0, 0.1) is 0 Å². The van der Waals surface area contributed by atoms with Gasteiger partial charge in [-0.05, 0) is 75.6 Å². The highest BCUT2D eigenvalue weighted by atomic mass is 19.2. The Morgan fingerprint density at radius 2 is 1.02 bits per heavy atom. The van der Waals surface area contributed by atoms with Crippen LogP contribution in [0.25, 0.3) is 0 Å². The topological polar surface area (TPSA) is 175 Å². The summed E-state index contributed by atoms with van der Waals surface area (Å²) in [6.45, 7) is 5.08. The molecule has 0 saturated carbocycles. The highest BCUT2D eigenvalue weighted by molar-refractivity contribution is 5.50. The standard InChI is InChI=1S/C27H28F2O5.C9H15FO4.C6H10F2O3.CH4O/c1-18-24(28)25(26(29,17-30)33-18)34-27(19-7-5-4-6-8-19,20-9-13-22(31-2)14-10-20)21-11-15-23(32-3)16-12-21;1-5-6-7(9(10,4-11)12-5)14-8(2,3)13-6;1-3-4(7)5(10)6(8,2-9)11-3;1-2/h4-16,18,24-25,30H,17H2,1-3H3;5-7,11H,4H2,1-3H3;3-5,9-10H,2H2,1H3;2H,1H3/t18-,24-,25-,26+;5-,6-,7-,9+;3-,4-,5-,6+;/m000./s1. The van der Waals surface area contributed by atoms with Crippen LogP contribution in [0.1, 0.15) is 51.3 Å². The third-order valence-corrected chi connectivity index (χ3v) is 10.6. The van der Waals surface area contributed by atoms with Crippen LogP contribution >= 0.6 is 0 Å². The Morgan fingerprint density at radius 3 is 1.43 bits per heavy atom. The zero-order valence-corrected chi connectivity index (χ0v) is 35.2. The molecular formula is C43H57F5O13. The Morgan fingerprint density at radius 1 is 0.590 bits per heavy atom. The predicted molar refractivity (Wildman–Crippen MR) is 209 cm³/mol. The van der Waals surface area contributed by atoms with Crippen molar-refractivity contribution in [2.75, 3.05) is 41.2 Å². The molecule has 0 aromatic heterocycles. The molecule has 3 aromatic rings. The molecule has 13 nitrogen and oxygen atoms in total. The summed E-state index contributed by atoms with van der Waals surface area (Å²) in [5.41, 5.74) is 0.458. The molecule has 18 heteroatoms. The van der Waals surface area contributed by atoms with Gasteiger partial charge in [0.1, 0.15) is 49.1 Å². The van der Waals surface area contributed by atoms with E-state index in [-0.39, 0.29) is 0 Å². The lowest BCUT2D eigenvalue weighted by atomic mass is 9.79. The van der Waals surface area contributed by atoms with Gasteiger partial charge in [0.2, 0.25) is 0 Å². The molecule has 7 rings (SSSR count). The average molecular weight is 877 g/mol. The Hall–Kier alpha value is -3.53. The molecule has 0 bridgehead atoms. The van der Waals surface area contributed by atoms with Gasteiger partial charge in [0.05, 0.1) is 32.5 Å². The number of halogens is 5. The number of aliphatic hydroxyl groups excluding tert-OH is 5. The molecule has 12 atom stereocenters. The summed E-state index contributed by atoms with van der Waals surface area (Å²) >= 11 is 0. The zero-order valence-electron chi connectivity index (χ0n) is 35.2. The molecule has 4 heterocycles. The second-order valence-electron chi connectivity index (χ2n) is 15.2. The fraction of sp³-hybridized carbons (Fsp3) is 0.581. The first-order valence-corrected chi connectivity index (χ1v) is 19.5. The fourth-order valence-electron chi connectivity index (χ4n) is 7.53. The minimum Gasteiger partial charge on any atom is -0.497 e. The third kappa shape index (κ3) is 10.3. The summed E-state index contributed by atoms with van der Waals surface area (Å²) in [5.74, 6) is -7.03. The lowest BCUT2D eigenvalue weighted by Gasteiger charge is -2.40. The molecule has 0 aliphatic carbocycles. The average Bonchev–Trinajstić information content (AvgIpc) is 3.88. The van der Waals surface area contributed by atoms with Crippen molar-refractivity contribution in [3.05, 3.63) is 95.6 Å². The first-order valence-electron chi connectivity index (χ1n) is 19.5. The quantitative estimate of drug-likeness (QED) is 0.140. The molecule has 0 amide bonds. The van der Waals surface area contributed by atoms with Crippen LogP contribution in [0.4, 0.5) is 22.0 Å². The summed E-state index contributed by atoms with van der Waals surface area (Å²) in [6.07, 6.45) is -11.0. The van der Waals surface area contributed by atoms with Crippen molar-refractivity contribution in [2.24, 2.45) is 0 Å². The van der Waals surface area contributed by atoms with Gasteiger partial charge >= 0.3 is 0 Å². The summed E-state index contributed by atoms with van der Waals surface area (Å²) in [5, 5.41) is 43.0. The van der Waals surface area contributed by atoms with Gasteiger partial charge in [-0.3, -0.25) is 0 Å². The second-order valence-corrected chi connectivity index (χ2v) is 15.2. The second kappa shape index (κ2) is 20.3. The number of aliphatic hydroxyl groups is 5. The third-order valence-electron chi connectivity index (χ3n) is 10.6. The van der Waals surface area contributed by atoms with Crippen LogP contribution < -0.4 is 9.47 Å². The van der Waals surface area contributed by atoms with Crippen molar-refractivity contribution >= 4 is 0 Å². The molecule has 0 spiro atoms. The first-order chi connectivity index (χ1) is 28.8. The Labute approximate surface area is 351 Å². The Kier molecular flexibility index (Phi) is 16.7. The van der Waals surface area contributed by atoms with Crippen molar-refractivity contribution in [3.63, 3.8) is 0 Å². The fourth-order valence-corrected chi connectivity index (χ4v) is 7.53. The molecule has 342 valence electrons. The largest absolute Gasteiger partial charge is 0.497 e. The van der Waals surface area contributed by atoms with Crippen molar-refractivity contribution in [1.29, 1.82) is 0 Å². The first kappa shape index (κ1) is 50.1.